The molecular formula is C13H15BrN2O5. The van der Waals surface area contributed by atoms with Crippen LogP contribution in [-0.2, 0) is 16.0 Å². The first-order valence-electron chi connectivity index (χ1n) is 6.06. The third kappa shape index (κ3) is 4.82. The van der Waals surface area contributed by atoms with E-state index in [1.165, 1.54) is 32.0 Å². The minimum atomic E-state index is -1.05. The molecule has 0 atom stereocenters. The number of rotatable bonds is 6. The van der Waals surface area contributed by atoms with E-state index in [0.29, 0.717) is 10.0 Å². The lowest BCUT2D eigenvalue weighted by Gasteiger charge is -2.19. The first-order chi connectivity index (χ1) is 9.63. The molecule has 0 heterocycles. The number of carboxylic acids is 1. The largest absolute Gasteiger partial charge is 0.481 e. The second kappa shape index (κ2) is 6.66. The Hall–Kier alpha value is -1.96. The molecule has 0 aliphatic rings. The van der Waals surface area contributed by atoms with Gasteiger partial charge in [0.2, 0.25) is 5.91 Å². The molecule has 0 saturated carbocycles. The van der Waals surface area contributed by atoms with Crippen molar-refractivity contribution in [1.29, 1.82) is 0 Å². The highest BCUT2D eigenvalue weighted by Gasteiger charge is 2.27. The molecule has 1 rings (SSSR count). The van der Waals surface area contributed by atoms with E-state index in [4.69, 9.17) is 5.11 Å². The van der Waals surface area contributed by atoms with E-state index < -0.39 is 16.3 Å². The molecule has 0 aromatic heterocycles. The fraction of sp³-hybridized carbons (Fsp3) is 0.385. The molecule has 0 aliphatic carbocycles. The van der Waals surface area contributed by atoms with Gasteiger partial charge in [0.05, 0.1) is 16.8 Å². The SMILES string of the molecule is CC(C)(CNC(=O)Cc1ccc([N+](=O)[O-])cc1Br)C(=O)O. The van der Waals surface area contributed by atoms with E-state index in [2.05, 4.69) is 21.2 Å². The third-order valence-electron chi connectivity index (χ3n) is 2.90. The standard InChI is InChI=1S/C13H15BrN2O5/c1-13(2,12(18)19)7-15-11(17)5-8-3-4-9(16(20)21)6-10(8)14/h3-4,6H,5,7H2,1-2H3,(H,15,17)(H,18,19). The fourth-order valence-electron chi connectivity index (χ4n) is 1.42. The Morgan fingerprint density at radius 2 is 2.05 bits per heavy atom. The zero-order valence-corrected chi connectivity index (χ0v) is 13.1. The predicted octanol–water partition coefficient (Wildman–Crippen LogP) is 2.13. The summed E-state index contributed by atoms with van der Waals surface area (Å²) >= 11 is 3.18. The minimum absolute atomic E-state index is 0.00572. The van der Waals surface area contributed by atoms with Gasteiger partial charge in [-0.1, -0.05) is 22.0 Å². The highest BCUT2D eigenvalue weighted by atomic mass is 79.9. The van der Waals surface area contributed by atoms with Crippen LogP contribution in [0, 0.1) is 15.5 Å². The van der Waals surface area contributed by atoms with Crippen molar-refractivity contribution >= 4 is 33.5 Å². The van der Waals surface area contributed by atoms with Crippen LogP contribution in [0.25, 0.3) is 0 Å². The maximum atomic E-state index is 11.8. The average molecular weight is 359 g/mol. The molecule has 0 unspecified atom stereocenters. The number of halogens is 1. The van der Waals surface area contributed by atoms with Gasteiger partial charge in [-0.05, 0) is 19.4 Å². The van der Waals surface area contributed by atoms with Crippen molar-refractivity contribution < 1.29 is 19.6 Å². The number of aliphatic carboxylic acids is 1. The van der Waals surface area contributed by atoms with Crippen molar-refractivity contribution in [3.05, 3.63) is 38.3 Å². The average Bonchev–Trinajstić information content (AvgIpc) is 2.38. The molecule has 21 heavy (non-hydrogen) atoms. The normalized spacial score (nSPS) is 11.0. The second-order valence-electron chi connectivity index (χ2n) is 5.18. The molecule has 2 N–H and O–H groups in total. The summed E-state index contributed by atoms with van der Waals surface area (Å²) in [6.07, 6.45) is 0.00821. The van der Waals surface area contributed by atoms with Crippen molar-refractivity contribution in [2.75, 3.05) is 6.54 Å². The molecule has 1 aromatic carbocycles. The summed E-state index contributed by atoms with van der Waals surface area (Å²) in [7, 11) is 0. The lowest BCUT2D eigenvalue weighted by molar-refractivity contribution is -0.384. The van der Waals surface area contributed by atoms with Gasteiger partial charge < -0.3 is 10.4 Å². The lowest BCUT2D eigenvalue weighted by Crippen LogP contribution is -2.39. The smallest absolute Gasteiger partial charge is 0.310 e. The number of nitrogens with one attached hydrogen (secondary N) is 1. The van der Waals surface area contributed by atoms with Crippen molar-refractivity contribution in [2.45, 2.75) is 20.3 Å². The first-order valence-corrected chi connectivity index (χ1v) is 6.85. The Morgan fingerprint density at radius 1 is 1.43 bits per heavy atom. The Labute approximate surface area is 129 Å². The molecule has 1 aromatic rings. The molecular weight excluding hydrogens is 344 g/mol. The summed E-state index contributed by atoms with van der Waals surface area (Å²) < 4.78 is 0.462. The molecule has 114 valence electrons. The predicted molar refractivity (Wildman–Crippen MR) is 78.9 cm³/mol. The number of nitrogens with zero attached hydrogens (tertiary/aromatic N) is 1. The molecule has 1 amide bonds. The van der Waals surface area contributed by atoms with Gasteiger partial charge in [-0.2, -0.15) is 0 Å². The van der Waals surface area contributed by atoms with Crippen molar-refractivity contribution in [1.82, 2.24) is 5.32 Å². The number of nitro groups is 1. The summed E-state index contributed by atoms with van der Waals surface area (Å²) in [4.78, 5) is 32.8. The summed E-state index contributed by atoms with van der Waals surface area (Å²) in [5, 5.41) is 22.1. The maximum absolute atomic E-state index is 11.8. The summed E-state index contributed by atoms with van der Waals surface area (Å²) in [5.74, 6) is -1.35. The minimum Gasteiger partial charge on any atom is -0.481 e. The molecule has 8 heteroatoms. The summed E-state index contributed by atoms with van der Waals surface area (Å²) in [6, 6.07) is 4.13. The topological polar surface area (TPSA) is 110 Å². The molecule has 0 saturated heterocycles. The lowest BCUT2D eigenvalue weighted by atomic mass is 9.94. The number of non-ortho nitro benzene ring substituents is 1. The zero-order valence-electron chi connectivity index (χ0n) is 11.6. The van der Waals surface area contributed by atoms with E-state index in [0.717, 1.165) is 0 Å². The second-order valence-corrected chi connectivity index (χ2v) is 6.03. The zero-order chi connectivity index (χ0) is 16.2. The van der Waals surface area contributed by atoms with Gasteiger partial charge in [0.15, 0.2) is 0 Å². The van der Waals surface area contributed by atoms with E-state index in [-0.39, 0.29) is 24.6 Å². The molecule has 7 nitrogen and oxygen atoms in total. The molecule has 0 spiro atoms. The number of hydrogen-bond acceptors (Lipinski definition) is 4. The quantitative estimate of drug-likeness (QED) is 0.597. The van der Waals surface area contributed by atoms with Crippen LogP contribution >= 0.6 is 15.9 Å². The molecule has 0 bridgehead atoms. The Bertz CT molecular complexity index is 586. The highest BCUT2D eigenvalue weighted by Crippen LogP contribution is 2.23. The Balaban J connectivity index is 2.68. The van der Waals surface area contributed by atoms with Crippen LogP contribution in [-0.4, -0.2) is 28.5 Å². The van der Waals surface area contributed by atoms with Crippen molar-refractivity contribution in [3.63, 3.8) is 0 Å². The number of amides is 1. The van der Waals surface area contributed by atoms with Crippen LogP contribution in [0.1, 0.15) is 19.4 Å². The molecule has 0 radical (unpaired) electrons. The van der Waals surface area contributed by atoms with Crippen LogP contribution in [0.5, 0.6) is 0 Å². The van der Waals surface area contributed by atoms with Gasteiger partial charge in [0, 0.05) is 23.2 Å². The highest BCUT2D eigenvalue weighted by molar-refractivity contribution is 9.10. The van der Waals surface area contributed by atoms with Gasteiger partial charge in [0.1, 0.15) is 0 Å². The van der Waals surface area contributed by atoms with Crippen molar-refractivity contribution in [3.8, 4) is 0 Å². The third-order valence-corrected chi connectivity index (χ3v) is 3.64. The maximum Gasteiger partial charge on any atom is 0.310 e. The van der Waals surface area contributed by atoms with Gasteiger partial charge in [-0.15, -0.1) is 0 Å². The van der Waals surface area contributed by atoms with Crippen LogP contribution in [0.2, 0.25) is 0 Å². The molecule has 0 aliphatic heterocycles. The van der Waals surface area contributed by atoms with Gasteiger partial charge >= 0.3 is 5.97 Å². The number of carbonyl (C=O) groups excluding carboxylic acids is 1. The fourth-order valence-corrected chi connectivity index (χ4v) is 1.93. The summed E-state index contributed by atoms with van der Waals surface area (Å²) in [6.45, 7) is 3.03. The number of carbonyl (C=O) groups is 2. The number of nitro benzene ring substituents is 1. The number of hydrogen-bond donors (Lipinski definition) is 2. The molecule has 0 fully saturated rings. The van der Waals surface area contributed by atoms with Gasteiger partial charge in [-0.3, -0.25) is 19.7 Å². The van der Waals surface area contributed by atoms with Crippen LogP contribution in [0.3, 0.4) is 0 Å². The number of benzene rings is 1. The Morgan fingerprint density at radius 3 is 2.52 bits per heavy atom. The summed E-state index contributed by atoms with van der Waals surface area (Å²) in [5.41, 5.74) is -0.535. The van der Waals surface area contributed by atoms with E-state index in [1.807, 2.05) is 0 Å². The Kier molecular flexibility index (Phi) is 5.42. The van der Waals surface area contributed by atoms with E-state index in [1.54, 1.807) is 0 Å². The first kappa shape index (κ1) is 17.1. The van der Waals surface area contributed by atoms with Gasteiger partial charge in [0.25, 0.3) is 5.69 Å². The van der Waals surface area contributed by atoms with Crippen molar-refractivity contribution in [2.24, 2.45) is 5.41 Å². The van der Waals surface area contributed by atoms with Crippen LogP contribution in [0.15, 0.2) is 22.7 Å². The monoisotopic (exact) mass is 358 g/mol. The van der Waals surface area contributed by atoms with Gasteiger partial charge in [-0.25, -0.2) is 0 Å². The number of carboxylic acid groups (broad SMARTS) is 1. The van der Waals surface area contributed by atoms with E-state index in [9.17, 15) is 19.7 Å². The van der Waals surface area contributed by atoms with E-state index >= 15 is 0 Å². The van der Waals surface area contributed by atoms with Crippen LogP contribution < -0.4 is 5.32 Å². The van der Waals surface area contributed by atoms with Crippen LogP contribution in [0.4, 0.5) is 5.69 Å².